The number of nitro benzene ring substituents is 1. The number of rotatable bonds is 3. The molecule has 0 atom stereocenters. The van der Waals surface area contributed by atoms with Crippen LogP contribution in [-0.2, 0) is 4.79 Å². The van der Waals surface area contributed by atoms with E-state index in [0.717, 1.165) is 18.2 Å². The van der Waals surface area contributed by atoms with Gasteiger partial charge in [0.25, 0.3) is 5.69 Å². The van der Waals surface area contributed by atoms with E-state index in [1.165, 1.54) is 12.1 Å². The second-order valence-corrected chi connectivity index (χ2v) is 2.74. The molecule has 0 aliphatic heterocycles. The van der Waals surface area contributed by atoms with E-state index in [9.17, 15) is 20.0 Å². The van der Waals surface area contributed by atoms with Crippen LogP contribution < -0.4 is 5.73 Å². The average Bonchev–Trinajstić information content (AvgIpc) is 2.16. The Hall–Kier alpha value is -2.37. The molecule has 0 heterocycles. The zero-order valence-electron chi connectivity index (χ0n) is 7.58. The van der Waals surface area contributed by atoms with Gasteiger partial charge in [-0.15, -0.1) is 0 Å². The molecule has 0 saturated carbocycles. The van der Waals surface area contributed by atoms with Crippen molar-refractivity contribution in [2.45, 2.75) is 0 Å². The van der Waals surface area contributed by atoms with Crippen LogP contribution >= 0.6 is 0 Å². The number of primary amides is 1. The number of nitro groups is 1. The number of nitrogens with two attached hydrogens (primary N) is 1. The molecule has 0 spiro atoms. The molecule has 15 heavy (non-hydrogen) atoms. The van der Waals surface area contributed by atoms with E-state index in [0.29, 0.717) is 0 Å². The van der Waals surface area contributed by atoms with Gasteiger partial charge in [-0.25, -0.2) is 0 Å². The van der Waals surface area contributed by atoms with Gasteiger partial charge in [0.1, 0.15) is 5.75 Å². The predicted molar refractivity (Wildman–Crippen MR) is 53.0 cm³/mol. The molecular formula is C9H8N2O4. The number of aromatic hydroxyl groups is 1. The van der Waals surface area contributed by atoms with Crippen molar-refractivity contribution in [2.75, 3.05) is 0 Å². The zero-order chi connectivity index (χ0) is 11.4. The lowest BCUT2D eigenvalue weighted by Crippen LogP contribution is -2.05. The molecule has 1 rings (SSSR count). The van der Waals surface area contributed by atoms with Gasteiger partial charge >= 0.3 is 0 Å². The normalized spacial score (nSPS) is 10.4. The fourth-order valence-electron chi connectivity index (χ4n) is 0.961. The van der Waals surface area contributed by atoms with Crippen molar-refractivity contribution in [3.63, 3.8) is 0 Å². The summed E-state index contributed by atoms with van der Waals surface area (Å²) < 4.78 is 0. The number of carbonyl (C=O) groups excluding carboxylic acids is 1. The lowest BCUT2D eigenvalue weighted by Gasteiger charge is -1.98. The molecular weight excluding hydrogens is 200 g/mol. The van der Waals surface area contributed by atoms with E-state index < -0.39 is 10.8 Å². The van der Waals surface area contributed by atoms with Crippen LogP contribution in [0.3, 0.4) is 0 Å². The maximum absolute atomic E-state index is 10.4. The van der Waals surface area contributed by atoms with E-state index in [4.69, 9.17) is 5.73 Å². The van der Waals surface area contributed by atoms with Gasteiger partial charge in [0.15, 0.2) is 0 Å². The number of hydrogen-bond donors (Lipinski definition) is 2. The largest absolute Gasteiger partial charge is 0.507 e. The third-order valence-corrected chi connectivity index (χ3v) is 1.65. The third-order valence-electron chi connectivity index (χ3n) is 1.65. The molecule has 6 nitrogen and oxygen atoms in total. The lowest BCUT2D eigenvalue weighted by atomic mass is 10.1. The Kier molecular flexibility index (Phi) is 3.02. The van der Waals surface area contributed by atoms with Crippen LogP contribution in [0.1, 0.15) is 5.56 Å². The molecule has 0 radical (unpaired) electrons. The molecule has 1 aromatic carbocycles. The summed E-state index contributed by atoms with van der Waals surface area (Å²) in [7, 11) is 0. The molecule has 0 saturated heterocycles. The summed E-state index contributed by atoms with van der Waals surface area (Å²) in [6.07, 6.45) is 2.23. The Morgan fingerprint density at radius 3 is 2.73 bits per heavy atom. The molecule has 0 aliphatic rings. The number of phenolic OH excluding ortho intramolecular Hbond substituents is 1. The Morgan fingerprint density at radius 2 is 2.20 bits per heavy atom. The highest BCUT2D eigenvalue weighted by atomic mass is 16.6. The Balaban J connectivity index is 3.11. The first kappa shape index (κ1) is 10.7. The maximum atomic E-state index is 10.4. The minimum atomic E-state index is -0.694. The van der Waals surface area contributed by atoms with Crippen molar-refractivity contribution in [3.05, 3.63) is 40.0 Å². The highest BCUT2D eigenvalue weighted by Gasteiger charge is 2.08. The summed E-state index contributed by atoms with van der Waals surface area (Å²) in [6.45, 7) is 0. The van der Waals surface area contributed by atoms with E-state index in [1.54, 1.807) is 0 Å². The van der Waals surface area contributed by atoms with Gasteiger partial charge in [-0.2, -0.15) is 0 Å². The smallest absolute Gasteiger partial charge is 0.270 e. The number of hydrogen-bond acceptors (Lipinski definition) is 4. The summed E-state index contributed by atoms with van der Waals surface area (Å²) in [5, 5.41) is 19.7. The second-order valence-electron chi connectivity index (χ2n) is 2.74. The molecule has 0 aromatic heterocycles. The minimum absolute atomic E-state index is 0.155. The summed E-state index contributed by atoms with van der Waals surface area (Å²) in [5.74, 6) is -0.848. The van der Waals surface area contributed by atoms with Crippen molar-refractivity contribution in [2.24, 2.45) is 5.73 Å². The number of benzene rings is 1. The molecule has 78 valence electrons. The summed E-state index contributed by atoms with van der Waals surface area (Å²) in [4.78, 5) is 20.2. The van der Waals surface area contributed by atoms with Crippen LogP contribution in [0, 0.1) is 10.1 Å². The van der Waals surface area contributed by atoms with Gasteiger partial charge in [-0.1, -0.05) is 0 Å². The van der Waals surface area contributed by atoms with Gasteiger partial charge in [-0.05, 0) is 12.1 Å². The quantitative estimate of drug-likeness (QED) is 0.435. The van der Waals surface area contributed by atoms with Gasteiger partial charge in [0, 0.05) is 23.8 Å². The van der Waals surface area contributed by atoms with Crippen LogP contribution in [-0.4, -0.2) is 15.9 Å². The monoisotopic (exact) mass is 208 g/mol. The Labute approximate surface area is 84.8 Å². The highest BCUT2D eigenvalue weighted by molar-refractivity contribution is 5.90. The van der Waals surface area contributed by atoms with Crippen LogP contribution in [0.2, 0.25) is 0 Å². The predicted octanol–water partition coefficient (Wildman–Crippen LogP) is 0.799. The molecule has 6 heteroatoms. The van der Waals surface area contributed by atoms with Crippen molar-refractivity contribution in [3.8, 4) is 5.75 Å². The first-order chi connectivity index (χ1) is 7.00. The first-order valence-corrected chi connectivity index (χ1v) is 3.95. The number of carbonyl (C=O) groups is 1. The molecule has 0 aliphatic carbocycles. The van der Waals surface area contributed by atoms with Crippen molar-refractivity contribution < 1.29 is 14.8 Å². The SMILES string of the molecule is NC(=O)C=Cc1cc([N+](=O)[O-])ccc1O. The summed E-state index contributed by atoms with van der Waals surface area (Å²) >= 11 is 0. The number of amides is 1. The van der Waals surface area contributed by atoms with Gasteiger partial charge in [0.05, 0.1) is 4.92 Å². The Morgan fingerprint density at radius 1 is 1.53 bits per heavy atom. The molecule has 0 bridgehead atoms. The van der Waals surface area contributed by atoms with Crippen molar-refractivity contribution in [1.82, 2.24) is 0 Å². The lowest BCUT2D eigenvalue weighted by molar-refractivity contribution is -0.384. The van der Waals surface area contributed by atoms with Crippen LogP contribution in [0.25, 0.3) is 6.08 Å². The highest BCUT2D eigenvalue weighted by Crippen LogP contribution is 2.23. The maximum Gasteiger partial charge on any atom is 0.270 e. The van der Waals surface area contributed by atoms with E-state index >= 15 is 0 Å². The molecule has 1 aromatic rings. The van der Waals surface area contributed by atoms with Crippen LogP contribution in [0.4, 0.5) is 5.69 Å². The standard InChI is InChI=1S/C9H8N2O4/c10-9(13)4-1-6-5-7(11(14)15)2-3-8(6)12/h1-5,12H,(H2,10,13). The number of phenols is 1. The summed E-state index contributed by atoms with van der Waals surface area (Å²) in [5.41, 5.74) is 4.85. The van der Waals surface area contributed by atoms with Gasteiger partial charge < -0.3 is 10.8 Å². The zero-order valence-corrected chi connectivity index (χ0v) is 7.58. The molecule has 1 amide bonds. The number of non-ortho nitro benzene ring substituents is 1. The Bertz CT molecular complexity index is 440. The van der Waals surface area contributed by atoms with E-state index in [-0.39, 0.29) is 17.0 Å². The van der Waals surface area contributed by atoms with Crippen molar-refractivity contribution >= 4 is 17.7 Å². The molecule has 0 fully saturated rings. The van der Waals surface area contributed by atoms with E-state index in [2.05, 4.69) is 0 Å². The average molecular weight is 208 g/mol. The fourth-order valence-corrected chi connectivity index (χ4v) is 0.961. The summed E-state index contributed by atoms with van der Waals surface area (Å²) in [6, 6.07) is 3.49. The van der Waals surface area contributed by atoms with Gasteiger partial charge in [-0.3, -0.25) is 14.9 Å². The van der Waals surface area contributed by atoms with E-state index in [1.807, 2.05) is 0 Å². The second kappa shape index (κ2) is 4.23. The molecule has 0 unspecified atom stereocenters. The minimum Gasteiger partial charge on any atom is -0.507 e. The third kappa shape index (κ3) is 2.80. The van der Waals surface area contributed by atoms with Crippen LogP contribution in [0.5, 0.6) is 5.75 Å². The first-order valence-electron chi connectivity index (χ1n) is 3.95. The van der Waals surface area contributed by atoms with Gasteiger partial charge in [0.2, 0.25) is 5.91 Å². The fraction of sp³-hybridized carbons (Fsp3) is 0. The topological polar surface area (TPSA) is 106 Å². The van der Waals surface area contributed by atoms with Crippen LogP contribution in [0.15, 0.2) is 24.3 Å². The number of nitrogens with zero attached hydrogens (tertiary/aromatic N) is 1. The molecule has 3 N–H and O–H groups in total. The van der Waals surface area contributed by atoms with Crippen molar-refractivity contribution in [1.29, 1.82) is 0 Å².